The Morgan fingerprint density at radius 1 is 0.373 bits per heavy atom. The van der Waals surface area contributed by atoms with Crippen molar-refractivity contribution >= 4 is 84.8 Å². The van der Waals surface area contributed by atoms with Crippen LogP contribution in [-0.2, 0) is 0 Å². The maximum atomic E-state index is 5.33. The average Bonchev–Trinajstić information content (AvgIpc) is 3.88. The Hall–Kier alpha value is -6.21. The van der Waals surface area contributed by atoms with Gasteiger partial charge in [-0.3, -0.25) is 0 Å². The van der Waals surface area contributed by atoms with Crippen LogP contribution in [0, 0.1) is 0 Å². The summed E-state index contributed by atoms with van der Waals surface area (Å²) in [7, 11) is 0. The molecule has 0 atom stereocenters. The molecule has 4 heterocycles. The lowest BCUT2D eigenvalue weighted by Gasteiger charge is -2.12. The van der Waals surface area contributed by atoms with E-state index in [1.54, 1.807) is 11.3 Å². The summed E-state index contributed by atoms with van der Waals surface area (Å²) < 4.78 is 7.29. The van der Waals surface area contributed by atoms with Crippen molar-refractivity contribution in [2.75, 3.05) is 0 Å². The van der Waals surface area contributed by atoms with Gasteiger partial charge in [0.1, 0.15) is 0 Å². The number of thiophene rings is 2. The van der Waals surface area contributed by atoms with E-state index in [0.29, 0.717) is 17.5 Å². The zero-order valence-corrected chi connectivity index (χ0v) is 28.7. The third-order valence-corrected chi connectivity index (χ3v) is 12.2. The molecule has 238 valence electrons. The van der Waals surface area contributed by atoms with Gasteiger partial charge in [-0.25, -0.2) is 15.0 Å². The van der Waals surface area contributed by atoms with E-state index >= 15 is 0 Å². The topological polar surface area (TPSA) is 43.6 Å². The number of para-hydroxylation sites is 2. The van der Waals surface area contributed by atoms with E-state index in [1.807, 2.05) is 29.5 Å². The third kappa shape index (κ3) is 4.34. The van der Waals surface area contributed by atoms with E-state index in [4.69, 9.17) is 15.0 Å². The van der Waals surface area contributed by atoms with Gasteiger partial charge in [0.15, 0.2) is 17.5 Å². The molecule has 11 aromatic rings. The van der Waals surface area contributed by atoms with E-state index < -0.39 is 0 Å². The summed E-state index contributed by atoms with van der Waals surface area (Å²) in [5.74, 6) is 2.00. The summed E-state index contributed by atoms with van der Waals surface area (Å²) in [5.41, 5.74) is 6.50. The highest BCUT2D eigenvalue weighted by molar-refractivity contribution is 7.26. The molecular weight excluding hydrogens is 661 g/mol. The van der Waals surface area contributed by atoms with Crippen LogP contribution >= 0.6 is 22.7 Å². The number of aromatic nitrogens is 4. The number of nitrogens with zero attached hydrogens (tertiary/aromatic N) is 4. The summed E-state index contributed by atoms with van der Waals surface area (Å²) in [4.78, 5) is 15.7. The Morgan fingerprint density at radius 2 is 0.922 bits per heavy atom. The molecule has 0 unspecified atom stereocenters. The highest BCUT2D eigenvalue weighted by Crippen LogP contribution is 2.45. The first-order valence-electron chi connectivity index (χ1n) is 17.0. The van der Waals surface area contributed by atoms with Crippen molar-refractivity contribution in [3.05, 3.63) is 158 Å². The molecule has 0 bridgehead atoms. The van der Waals surface area contributed by atoms with E-state index in [-0.39, 0.29) is 0 Å². The van der Waals surface area contributed by atoms with Gasteiger partial charge in [0, 0.05) is 67.8 Å². The maximum Gasteiger partial charge on any atom is 0.165 e. The van der Waals surface area contributed by atoms with Gasteiger partial charge in [-0.1, -0.05) is 115 Å². The quantitative estimate of drug-likeness (QED) is 0.185. The molecular formula is C45H26N4S2. The van der Waals surface area contributed by atoms with Crippen LogP contribution in [0.3, 0.4) is 0 Å². The summed E-state index contributed by atoms with van der Waals surface area (Å²) in [6.07, 6.45) is 0. The standard InChI is InChI=1S/C45H26N4S2/c1-2-13-27(14-3-1)43-46-44(48-45(47-43)33-20-10-18-31-30-17-6-9-24-37(30)51-42(31)33)32-19-11-25-38-40(32)41-36(23-12-26-39(41)50-38)49-34-21-7-4-15-28(34)29-16-5-8-22-35(29)49/h1-26H. The normalized spacial score (nSPS) is 11.9. The van der Waals surface area contributed by atoms with Crippen molar-refractivity contribution in [1.29, 1.82) is 0 Å². The third-order valence-electron chi connectivity index (χ3n) is 9.87. The zero-order valence-electron chi connectivity index (χ0n) is 27.1. The van der Waals surface area contributed by atoms with Crippen LogP contribution < -0.4 is 0 Å². The molecule has 0 aliphatic rings. The summed E-state index contributed by atoms with van der Waals surface area (Å²) in [5, 5.41) is 7.33. The SMILES string of the molecule is c1ccc(-c2nc(-c3cccc4c3sc3ccccc34)nc(-c3cccc4sc5cccc(-n6c7ccccc7c7ccccc76)c5c34)n2)cc1. The van der Waals surface area contributed by atoms with Gasteiger partial charge in [-0.15, -0.1) is 22.7 Å². The smallest absolute Gasteiger partial charge is 0.165 e. The molecule has 0 fully saturated rings. The molecule has 6 heteroatoms. The second-order valence-corrected chi connectivity index (χ2v) is 14.9. The first kappa shape index (κ1) is 28.6. The Bertz CT molecular complexity index is 3100. The van der Waals surface area contributed by atoms with Crippen molar-refractivity contribution in [3.8, 4) is 39.9 Å². The zero-order chi connectivity index (χ0) is 33.5. The Morgan fingerprint density at radius 3 is 1.71 bits per heavy atom. The number of hydrogen-bond acceptors (Lipinski definition) is 5. The van der Waals surface area contributed by atoms with Gasteiger partial charge in [-0.2, -0.15) is 0 Å². The van der Waals surface area contributed by atoms with Crippen molar-refractivity contribution in [2.24, 2.45) is 0 Å². The minimum absolute atomic E-state index is 0.660. The molecule has 7 aromatic carbocycles. The maximum absolute atomic E-state index is 5.33. The molecule has 0 spiro atoms. The van der Waals surface area contributed by atoms with Crippen LogP contribution in [0.15, 0.2) is 158 Å². The summed E-state index contributed by atoms with van der Waals surface area (Å²) in [6, 6.07) is 55.9. The molecule has 0 aliphatic heterocycles. The molecule has 0 saturated heterocycles. The minimum atomic E-state index is 0.660. The Labute approximate surface area is 300 Å². The fraction of sp³-hybridized carbons (Fsp3) is 0. The van der Waals surface area contributed by atoms with Crippen molar-refractivity contribution in [3.63, 3.8) is 0 Å². The van der Waals surface area contributed by atoms with E-state index in [2.05, 4.69) is 144 Å². The van der Waals surface area contributed by atoms with Crippen LogP contribution in [0.2, 0.25) is 0 Å². The minimum Gasteiger partial charge on any atom is -0.309 e. The monoisotopic (exact) mass is 686 g/mol. The lowest BCUT2D eigenvalue weighted by molar-refractivity contribution is 1.08. The molecule has 0 aliphatic carbocycles. The average molecular weight is 687 g/mol. The summed E-state index contributed by atoms with van der Waals surface area (Å²) >= 11 is 3.61. The predicted molar refractivity (Wildman–Crippen MR) is 216 cm³/mol. The second-order valence-electron chi connectivity index (χ2n) is 12.8. The molecule has 51 heavy (non-hydrogen) atoms. The molecule has 0 amide bonds. The van der Waals surface area contributed by atoms with Gasteiger partial charge >= 0.3 is 0 Å². The largest absolute Gasteiger partial charge is 0.309 e. The predicted octanol–water partition coefficient (Wildman–Crippen LogP) is 12.7. The number of benzene rings is 7. The number of hydrogen-bond donors (Lipinski definition) is 0. The van der Waals surface area contributed by atoms with Gasteiger partial charge in [-0.05, 0) is 42.5 Å². The Kier molecular flexibility index (Phi) is 6.26. The lowest BCUT2D eigenvalue weighted by atomic mass is 10.0. The molecule has 0 N–H and O–H groups in total. The van der Waals surface area contributed by atoms with E-state index in [1.165, 1.54) is 56.8 Å². The molecule has 4 nitrogen and oxygen atoms in total. The first-order chi connectivity index (χ1) is 25.3. The van der Waals surface area contributed by atoms with Crippen LogP contribution in [-0.4, -0.2) is 19.5 Å². The van der Waals surface area contributed by atoms with Gasteiger partial charge in [0.25, 0.3) is 0 Å². The number of fused-ring (bicyclic) bond motifs is 9. The molecule has 4 aromatic heterocycles. The fourth-order valence-corrected chi connectivity index (χ4v) is 10.0. The van der Waals surface area contributed by atoms with Crippen molar-refractivity contribution < 1.29 is 0 Å². The highest BCUT2D eigenvalue weighted by atomic mass is 32.1. The second kappa shape index (κ2) is 11.2. The van der Waals surface area contributed by atoms with Gasteiger partial charge in [0.2, 0.25) is 0 Å². The Balaban J connectivity index is 1.22. The van der Waals surface area contributed by atoms with Crippen LogP contribution in [0.5, 0.6) is 0 Å². The fourth-order valence-electron chi connectivity index (χ4n) is 7.66. The highest BCUT2D eigenvalue weighted by Gasteiger charge is 2.22. The van der Waals surface area contributed by atoms with Crippen molar-refractivity contribution in [2.45, 2.75) is 0 Å². The number of rotatable bonds is 4. The van der Waals surface area contributed by atoms with Crippen LogP contribution in [0.4, 0.5) is 0 Å². The van der Waals surface area contributed by atoms with E-state index in [0.717, 1.165) is 27.8 Å². The lowest BCUT2D eigenvalue weighted by Crippen LogP contribution is -2.01. The molecule has 0 saturated carbocycles. The molecule has 0 radical (unpaired) electrons. The van der Waals surface area contributed by atoms with Crippen LogP contribution in [0.25, 0.3) is 102 Å². The first-order valence-corrected chi connectivity index (χ1v) is 18.6. The molecule has 11 rings (SSSR count). The van der Waals surface area contributed by atoms with Gasteiger partial charge in [0.05, 0.1) is 16.7 Å². The van der Waals surface area contributed by atoms with E-state index in [9.17, 15) is 0 Å². The van der Waals surface area contributed by atoms with Crippen LogP contribution in [0.1, 0.15) is 0 Å². The summed E-state index contributed by atoms with van der Waals surface area (Å²) in [6.45, 7) is 0. The van der Waals surface area contributed by atoms with Crippen molar-refractivity contribution in [1.82, 2.24) is 19.5 Å². The van der Waals surface area contributed by atoms with Gasteiger partial charge < -0.3 is 4.57 Å².